The third-order valence-corrected chi connectivity index (χ3v) is 6.04. The van der Waals surface area contributed by atoms with Crippen LogP contribution in [0.25, 0.3) is 0 Å². The lowest BCUT2D eigenvalue weighted by Crippen LogP contribution is -2.61. The highest BCUT2D eigenvalue weighted by atomic mass is 16.5. The Morgan fingerprint density at radius 2 is 2.13 bits per heavy atom. The Bertz CT molecular complexity index is 548. The summed E-state index contributed by atoms with van der Waals surface area (Å²) in [6, 6.07) is 6.84. The third-order valence-electron chi connectivity index (χ3n) is 6.04. The smallest absolute Gasteiger partial charge is 0.119 e. The van der Waals surface area contributed by atoms with Gasteiger partial charge in [0, 0.05) is 24.5 Å². The summed E-state index contributed by atoms with van der Waals surface area (Å²) in [7, 11) is 3.93. The van der Waals surface area contributed by atoms with Gasteiger partial charge in [0.05, 0.1) is 13.7 Å². The first-order valence-electron chi connectivity index (χ1n) is 8.75. The molecule has 1 aromatic carbocycles. The van der Waals surface area contributed by atoms with Crippen LogP contribution in [0.2, 0.25) is 0 Å². The van der Waals surface area contributed by atoms with Crippen molar-refractivity contribution in [2.75, 3.05) is 40.4 Å². The van der Waals surface area contributed by atoms with Crippen LogP contribution in [0.4, 0.5) is 0 Å². The van der Waals surface area contributed by atoms with Gasteiger partial charge in [-0.2, -0.15) is 0 Å². The number of ether oxygens (including phenoxy) is 1. The number of fused-ring (bicyclic) bond motifs is 1. The van der Waals surface area contributed by atoms with Gasteiger partial charge in [-0.1, -0.05) is 6.07 Å². The van der Waals surface area contributed by atoms with Crippen molar-refractivity contribution in [3.63, 3.8) is 0 Å². The Kier molecular flexibility index (Phi) is 4.95. The van der Waals surface area contributed by atoms with Gasteiger partial charge in [-0.15, -0.1) is 0 Å². The Morgan fingerprint density at radius 1 is 1.30 bits per heavy atom. The van der Waals surface area contributed by atoms with Gasteiger partial charge in [-0.05, 0) is 69.6 Å². The van der Waals surface area contributed by atoms with Crippen LogP contribution in [0.3, 0.4) is 0 Å². The summed E-state index contributed by atoms with van der Waals surface area (Å²) in [6.45, 7) is 6.77. The van der Waals surface area contributed by atoms with Crippen molar-refractivity contribution < 1.29 is 9.84 Å². The Labute approximate surface area is 140 Å². The van der Waals surface area contributed by atoms with Gasteiger partial charge in [0.15, 0.2) is 0 Å². The molecule has 1 aromatic rings. The molecule has 3 rings (SSSR count). The van der Waals surface area contributed by atoms with Crippen LogP contribution >= 0.6 is 0 Å². The molecule has 0 amide bonds. The second-order valence-corrected chi connectivity index (χ2v) is 7.40. The molecule has 2 aliphatic rings. The Morgan fingerprint density at radius 3 is 2.83 bits per heavy atom. The topological polar surface area (TPSA) is 35.9 Å². The molecule has 0 unspecified atom stereocenters. The summed E-state index contributed by atoms with van der Waals surface area (Å²) in [6.07, 6.45) is 3.49. The minimum atomic E-state index is 0.123. The fraction of sp³-hybridized carbons (Fsp3) is 0.684. The van der Waals surface area contributed by atoms with E-state index in [1.807, 2.05) is 0 Å². The van der Waals surface area contributed by atoms with E-state index in [2.05, 4.69) is 42.0 Å². The van der Waals surface area contributed by atoms with Crippen molar-refractivity contribution in [1.29, 1.82) is 0 Å². The first-order valence-corrected chi connectivity index (χ1v) is 8.75. The first-order chi connectivity index (χ1) is 11.1. The number of rotatable bonds is 4. The molecule has 2 saturated heterocycles. The highest BCUT2D eigenvalue weighted by molar-refractivity contribution is 5.34. The average Bonchev–Trinajstić information content (AvgIpc) is 2.57. The average molecular weight is 318 g/mol. The molecule has 0 bridgehead atoms. The number of aryl methyl sites for hydroxylation is 1. The van der Waals surface area contributed by atoms with E-state index in [4.69, 9.17) is 4.74 Å². The van der Waals surface area contributed by atoms with Gasteiger partial charge < -0.3 is 14.7 Å². The summed E-state index contributed by atoms with van der Waals surface area (Å²) < 4.78 is 5.30. The highest BCUT2D eigenvalue weighted by Gasteiger charge is 2.46. The zero-order chi connectivity index (χ0) is 16.4. The second-order valence-electron chi connectivity index (χ2n) is 7.40. The normalized spacial score (nSPS) is 29.3. The summed E-state index contributed by atoms with van der Waals surface area (Å²) in [5.74, 6) is 0.927. The molecular weight excluding hydrogens is 288 g/mol. The number of aliphatic hydroxyl groups excluding tert-OH is 1. The predicted molar refractivity (Wildman–Crippen MR) is 92.8 cm³/mol. The summed E-state index contributed by atoms with van der Waals surface area (Å²) >= 11 is 0. The van der Waals surface area contributed by atoms with Crippen LogP contribution in [0, 0.1) is 12.3 Å². The third kappa shape index (κ3) is 3.25. The second kappa shape index (κ2) is 6.80. The van der Waals surface area contributed by atoms with Crippen LogP contribution in [0.15, 0.2) is 18.2 Å². The van der Waals surface area contributed by atoms with Crippen LogP contribution in [-0.4, -0.2) is 61.3 Å². The zero-order valence-electron chi connectivity index (χ0n) is 14.7. The van der Waals surface area contributed by atoms with Crippen molar-refractivity contribution in [2.45, 2.75) is 38.8 Å². The maximum Gasteiger partial charge on any atom is 0.119 e. The molecule has 2 heterocycles. The van der Waals surface area contributed by atoms with Gasteiger partial charge in [0.1, 0.15) is 5.75 Å². The summed E-state index contributed by atoms with van der Waals surface area (Å²) in [5.41, 5.74) is 2.79. The molecule has 2 aliphatic heterocycles. The molecule has 0 aliphatic carbocycles. The van der Waals surface area contributed by atoms with E-state index >= 15 is 0 Å². The number of nitrogens with zero attached hydrogens (tertiary/aromatic N) is 2. The van der Waals surface area contributed by atoms with Gasteiger partial charge in [-0.3, -0.25) is 4.90 Å². The number of methoxy groups -OCH3 is 1. The number of benzene rings is 1. The lowest BCUT2D eigenvalue weighted by atomic mass is 9.69. The molecular formula is C19H30N2O2. The molecule has 2 atom stereocenters. The van der Waals surface area contributed by atoms with E-state index in [1.54, 1.807) is 7.11 Å². The van der Waals surface area contributed by atoms with Crippen LogP contribution in [0.5, 0.6) is 5.75 Å². The zero-order valence-corrected chi connectivity index (χ0v) is 14.7. The number of hydrogen-bond donors (Lipinski definition) is 1. The fourth-order valence-electron chi connectivity index (χ4n) is 4.43. The predicted octanol–water partition coefficient (Wildman–Crippen LogP) is 2.28. The van der Waals surface area contributed by atoms with E-state index < -0.39 is 0 Å². The number of likely N-dealkylation sites (tertiary alicyclic amines) is 2. The molecule has 0 saturated carbocycles. The molecule has 4 nitrogen and oxygen atoms in total. The van der Waals surface area contributed by atoms with Crippen molar-refractivity contribution in [1.82, 2.24) is 9.80 Å². The minimum absolute atomic E-state index is 0.123. The van der Waals surface area contributed by atoms with Crippen LogP contribution < -0.4 is 4.74 Å². The fourth-order valence-corrected chi connectivity index (χ4v) is 4.43. The SMILES string of the molecule is COc1ccc(CN2CC[C@@]3(CO)CCCN(C)[C@@H]3C2)c(C)c1. The minimum Gasteiger partial charge on any atom is -0.497 e. The largest absolute Gasteiger partial charge is 0.497 e. The van der Waals surface area contributed by atoms with Crippen molar-refractivity contribution in [3.05, 3.63) is 29.3 Å². The maximum absolute atomic E-state index is 10.0. The van der Waals surface area contributed by atoms with E-state index in [1.165, 1.54) is 24.0 Å². The van der Waals surface area contributed by atoms with Crippen LogP contribution in [-0.2, 0) is 6.54 Å². The summed E-state index contributed by atoms with van der Waals surface area (Å²) in [5, 5.41) is 10.0. The van der Waals surface area contributed by atoms with Gasteiger partial charge in [0.2, 0.25) is 0 Å². The molecule has 0 aromatic heterocycles. The molecule has 0 spiro atoms. The van der Waals surface area contributed by atoms with E-state index in [0.717, 1.165) is 38.3 Å². The Balaban J connectivity index is 1.71. The summed E-state index contributed by atoms with van der Waals surface area (Å²) in [4.78, 5) is 5.02. The highest BCUT2D eigenvalue weighted by Crippen LogP contribution is 2.41. The van der Waals surface area contributed by atoms with E-state index in [-0.39, 0.29) is 5.41 Å². The van der Waals surface area contributed by atoms with E-state index in [0.29, 0.717) is 12.6 Å². The molecule has 1 N–H and O–H groups in total. The molecule has 0 radical (unpaired) electrons. The molecule has 128 valence electrons. The van der Waals surface area contributed by atoms with Crippen molar-refractivity contribution in [2.24, 2.45) is 5.41 Å². The Hall–Kier alpha value is -1.10. The molecule has 2 fully saturated rings. The number of aliphatic hydroxyl groups is 1. The van der Waals surface area contributed by atoms with Gasteiger partial charge in [0.25, 0.3) is 0 Å². The van der Waals surface area contributed by atoms with Crippen molar-refractivity contribution >= 4 is 0 Å². The standard InChI is InChI=1S/C19H30N2O2/c1-15-11-17(23-3)6-5-16(15)12-21-10-8-19(14-22)7-4-9-20(2)18(19)13-21/h5-6,11,18,22H,4,7-10,12-14H2,1-3H3/t18-,19-/m1/s1. The monoisotopic (exact) mass is 318 g/mol. The molecule has 4 heteroatoms. The number of hydrogen-bond acceptors (Lipinski definition) is 4. The maximum atomic E-state index is 10.0. The lowest BCUT2D eigenvalue weighted by Gasteiger charge is -2.53. The van der Waals surface area contributed by atoms with Gasteiger partial charge >= 0.3 is 0 Å². The number of piperidine rings is 2. The van der Waals surface area contributed by atoms with Crippen molar-refractivity contribution in [3.8, 4) is 5.75 Å². The quantitative estimate of drug-likeness (QED) is 0.924. The van der Waals surface area contributed by atoms with E-state index in [9.17, 15) is 5.11 Å². The molecule has 23 heavy (non-hydrogen) atoms. The first kappa shape index (κ1) is 16.7. The lowest BCUT2D eigenvalue weighted by molar-refractivity contribution is -0.0684. The number of likely N-dealkylation sites (N-methyl/N-ethyl adjacent to an activating group) is 1. The van der Waals surface area contributed by atoms with Crippen LogP contribution in [0.1, 0.15) is 30.4 Å². The van der Waals surface area contributed by atoms with Gasteiger partial charge in [-0.25, -0.2) is 0 Å².